The van der Waals surface area contributed by atoms with Crippen molar-refractivity contribution in [3.05, 3.63) is 41.5 Å². The highest BCUT2D eigenvalue weighted by Gasteiger charge is 2.39. The maximum atomic E-state index is 11.9. The molecule has 1 aromatic rings. The van der Waals surface area contributed by atoms with Crippen molar-refractivity contribution in [3.8, 4) is 0 Å². The van der Waals surface area contributed by atoms with E-state index < -0.39 is 5.60 Å². The van der Waals surface area contributed by atoms with E-state index in [0.717, 1.165) is 25.7 Å². The van der Waals surface area contributed by atoms with Crippen molar-refractivity contribution < 1.29 is 9.53 Å². The molecule has 2 atom stereocenters. The Bertz CT molecular complexity index is 655. The van der Waals surface area contributed by atoms with Gasteiger partial charge in [0, 0.05) is 18.1 Å². The van der Waals surface area contributed by atoms with Crippen molar-refractivity contribution in [1.82, 2.24) is 10.6 Å². The number of carbonyl (C=O) groups is 1. The zero-order chi connectivity index (χ0) is 19.4. The van der Waals surface area contributed by atoms with Crippen LogP contribution in [0.5, 0.6) is 0 Å². The van der Waals surface area contributed by atoms with Crippen LogP contribution in [-0.4, -0.2) is 29.8 Å². The molecule has 0 aromatic heterocycles. The minimum atomic E-state index is -0.436. The topological polar surface area (TPSA) is 50.4 Å². The van der Waals surface area contributed by atoms with Gasteiger partial charge in [0.15, 0.2) is 0 Å². The summed E-state index contributed by atoms with van der Waals surface area (Å²) in [6.45, 7) is 7.94. The first-order valence-corrected chi connectivity index (χ1v) is 10.3. The molecular formula is C23H34N2O2. The number of ether oxygens (including phenoxy) is 1. The Morgan fingerprint density at radius 1 is 1.07 bits per heavy atom. The van der Waals surface area contributed by atoms with Gasteiger partial charge in [-0.3, -0.25) is 0 Å². The highest BCUT2D eigenvalue weighted by Crippen LogP contribution is 2.39. The molecule has 2 fully saturated rings. The molecule has 1 aromatic carbocycles. The zero-order valence-electron chi connectivity index (χ0n) is 17.1. The van der Waals surface area contributed by atoms with Gasteiger partial charge in [-0.2, -0.15) is 0 Å². The molecule has 2 saturated carbocycles. The number of nitrogens with one attached hydrogen (secondary N) is 2. The van der Waals surface area contributed by atoms with Gasteiger partial charge in [-0.15, -0.1) is 0 Å². The second-order valence-electron chi connectivity index (χ2n) is 9.11. The normalized spacial score (nSPS) is 28.5. The van der Waals surface area contributed by atoms with Crippen molar-refractivity contribution in [2.75, 3.05) is 0 Å². The Morgan fingerprint density at radius 2 is 1.70 bits per heavy atom. The molecule has 27 heavy (non-hydrogen) atoms. The van der Waals surface area contributed by atoms with Gasteiger partial charge in [0.05, 0.1) is 0 Å². The predicted molar refractivity (Wildman–Crippen MR) is 111 cm³/mol. The van der Waals surface area contributed by atoms with Crippen LogP contribution in [0.4, 0.5) is 4.79 Å². The number of alkyl carbamates (subject to hydrolysis) is 1. The van der Waals surface area contributed by atoms with Crippen molar-refractivity contribution in [2.45, 2.75) is 83.5 Å². The molecule has 3 rings (SSSR count). The number of amides is 1. The summed E-state index contributed by atoms with van der Waals surface area (Å²) in [7, 11) is 0. The first-order valence-electron chi connectivity index (χ1n) is 10.3. The smallest absolute Gasteiger partial charge is 0.407 e. The molecule has 2 aliphatic rings. The van der Waals surface area contributed by atoms with E-state index in [2.05, 4.69) is 54.0 Å². The number of benzene rings is 1. The second-order valence-corrected chi connectivity index (χ2v) is 9.11. The van der Waals surface area contributed by atoms with E-state index in [4.69, 9.17) is 4.74 Å². The number of rotatable bonds is 5. The third-order valence-electron chi connectivity index (χ3n) is 5.47. The maximum absolute atomic E-state index is 11.9. The fourth-order valence-corrected chi connectivity index (χ4v) is 3.98. The minimum Gasteiger partial charge on any atom is -0.444 e. The molecule has 0 spiro atoms. The average Bonchev–Trinajstić information content (AvgIpc) is 3.35. The Hall–Kier alpha value is -1.81. The maximum Gasteiger partial charge on any atom is 0.407 e. The van der Waals surface area contributed by atoms with Crippen molar-refractivity contribution in [2.24, 2.45) is 5.92 Å². The largest absolute Gasteiger partial charge is 0.444 e. The number of carbonyl (C=O) groups excluding carboxylic acids is 1. The molecule has 0 aliphatic heterocycles. The van der Waals surface area contributed by atoms with Gasteiger partial charge >= 0.3 is 6.09 Å². The first-order chi connectivity index (χ1) is 12.8. The van der Waals surface area contributed by atoms with Gasteiger partial charge in [0.1, 0.15) is 5.60 Å². The van der Waals surface area contributed by atoms with Crippen molar-refractivity contribution >= 4 is 12.2 Å². The Kier molecular flexibility index (Phi) is 6.25. The van der Waals surface area contributed by atoms with E-state index in [1.54, 1.807) is 0 Å². The lowest BCUT2D eigenvalue weighted by atomic mass is 9.91. The summed E-state index contributed by atoms with van der Waals surface area (Å²) in [6, 6.07) is 12.0. The standard InChI is InChI=1S/C23H34N2O2/c1-16(14-17-8-6-5-7-9-17)20-15-21(20)24-18-10-12-19(13-11-18)25-22(26)27-23(2,3)4/h5-9,14,18-21,24H,10-13,15H2,1-4H3,(H,25,26)/b16-14+. The van der Waals surface area contributed by atoms with Gasteiger partial charge in [0.2, 0.25) is 0 Å². The molecule has 2 N–H and O–H groups in total. The van der Waals surface area contributed by atoms with E-state index in [-0.39, 0.29) is 12.1 Å². The summed E-state index contributed by atoms with van der Waals surface area (Å²) in [6.07, 6.45) is 7.54. The predicted octanol–water partition coefficient (Wildman–Crippen LogP) is 4.90. The molecule has 148 valence electrons. The summed E-state index contributed by atoms with van der Waals surface area (Å²) in [5.74, 6) is 0.669. The molecule has 2 aliphatic carbocycles. The summed E-state index contributed by atoms with van der Waals surface area (Å²) >= 11 is 0. The van der Waals surface area contributed by atoms with Gasteiger partial charge in [0.25, 0.3) is 0 Å². The Labute approximate surface area is 163 Å². The summed E-state index contributed by atoms with van der Waals surface area (Å²) in [4.78, 5) is 11.9. The monoisotopic (exact) mass is 370 g/mol. The van der Waals surface area contributed by atoms with Crippen LogP contribution in [0.1, 0.15) is 65.4 Å². The van der Waals surface area contributed by atoms with Crippen LogP contribution in [-0.2, 0) is 4.74 Å². The van der Waals surface area contributed by atoms with Crippen molar-refractivity contribution in [3.63, 3.8) is 0 Å². The van der Waals surface area contributed by atoms with E-state index >= 15 is 0 Å². The SMILES string of the molecule is C/C(=C\c1ccccc1)C1CC1NC1CCC(NC(=O)OC(C)(C)C)CC1. The van der Waals surface area contributed by atoms with Crippen molar-refractivity contribution in [1.29, 1.82) is 0 Å². The van der Waals surface area contributed by atoms with Crippen LogP contribution in [0.3, 0.4) is 0 Å². The van der Waals surface area contributed by atoms with E-state index in [1.807, 2.05) is 20.8 Å². The summed E-state index contributed by atoms with van der Waals surface area (Å²) in [5, 5.41) is 6.86. The van der Waals surface area contributed by atoms with Crippen LogP contribution >= 0.6 is 0 Å². The molecule has 1 amide bonds. The van der Waals surface area contributed by atoms with Gasteiger partial charge in [-0.1, -0.05) is 42.0 Å². The highest BCUT2D eigenvalue weighted by molar-refractivity contribution is 5.68. The third-order valence-corrected chi connectivity index (χ3v) is 5.47. The quantitative estimate of drug-likeness (QED) is 0.775. The molecular weight excluding hydrogens is 336 g/mol. The van der Waals surface area contributed by atoms with E-state index in [1.165, 1.54) is 17.6 Å². The van der Waals surface area contributed by atoms with Gasteiger partial charge in [-0.05, 0) is 71.3 Å². The van der Waals surface area contributed by atoms with Crippen LogP contribution in [0, 0.1) is 5.92 Å². The summed E-state index contributed by atoms with van der Waals surface area (Å²) in [5.41, 5.74) is 2.32. The van der Waals surface area contributed by atoms with Gasteiger partial charge in [-0.25, -0.2) is 4.79 Å². The van der Waals surface area contributed by atoms with E-state index in [9.17, 15) is 4.79 Å². The zero-order valence-corrected chi connectivity index (χ0v) is 17.1. The van der Waals surface area contributed by atoms with Crippen LogP contribution in [0.15, 0.2) is 35.9 Å². The lowest BCUT2D eigenvalue weighted by molar-refractivity contribution is 0.0489. The lowest BCUT2D eigenvalue weighted by Crippen LogP contribution is -2.44. The summed E-state index contributed by atoms with van der Waals surface area (Å²) < 4.78 is 5.36. The second kappa shape index (κ2) is 8.47. The lowest BCUT2D eigenvalue weighted by Gasteiger charge is -2.30. The number of hydrogen-bond donors (Lipinski definition) is 2. The first kappa shape index (κ1) is 19.9. The molecule has 0 radical (unpaired) electrons. The van der Waals surface area contributed by atoms with Crippen LogP contribution < -0.4 is 10.6 Å². The van der Waals surface area contributed by atoms with E-state index in [0.29, 0.717) is 18.0 Å². The van der Waals surface area contributed by atoms with Crippen LogP contribution in [0.25, 0.3) is 6.08 Å². The Balaban J connectivity index is 1.38. The molecule has 4 heteroatoms. The molecule has 0 heterocycles. The molecule has 2 unspecified atom stereocenters. The fraction of sp³-hybridized carbons (Fsp3) is 0.609. The average molecular weight is 371 g/mol. The fourth-order valence-electron chi connectivity index (χ4n) is 3.98. The molecule has 0 bridgehead atoms. The van der Waals surface area contributed by atoms with Crippen LogP contribution in [0.2, 0.25) is 0 Å². The Morgan fingerprint density at radius 3 is 2.33 bits per heavy atom. The number of hydrogen-bond acceptors (Lipinski definition) is 3. The minimum absolute atomic E-state index is 0.243. The molecule has 0 saturated heterocycles. The highest BCUT2D eigenvalue weighted by atomic mass is 16.6. The third kappa shape index (κ3) is 6.39. The van der Waals surface area contributed by atoms with Gasteiger partial charge < -0.3 is 15.4 Å². The molecule has 4 nitrogen and oxygen atoms in total.